The summed E-state index contributed by atoms with van der Waals surface area (Å²) in [6, 6.07) is 0. The zero-order valence-electron chi connectivity index (χ0n) is 65.7. The maximum Gasteiger partial charge on any atom is 0.472 e. The zero-order chi connectivity index (χ0) is 73.7. The van der Waals surface area contributed by atoms with Gasteiger partial charge in [0.05, 0.1) is 26.4 Å². The van der Waals surface area contributed by atoms with Gasteiger partial charge in [-0.25, -0.2) is 9.13 Å². The van der Waals surface area contributed by atoms with Crippen molar-refractivity contribution in [3.8, 4) is 0 Å². The van der Waals surface area contributed by atoms with Gasteiger partial charge in [-0.1, -0.05) is 370 Å². The first-order valence-electron chi connectivity index (χ1n) is 41.9. The van der Waals surface area contributed by atoms with Gasteiger partial charge < -0.3 is 33.8 Å². The van der Waals surface area contributed by atoms with Crippen molar-refractivity contribution in [3.05, 3.63) is 0 Å². The van der Waals surface area contributed by atoms with E-state index in [0.717, 1.165) is 108 Å². The first kappa shape index (κ1) is 98.1. The fraction of sp³-hybridized carbons (Fsp3) is 0.951. The minimum absolute atomic E-state index is 0.106. The summed E-state index contributed by atoms with van der Waals surface area (Å²) in [5.41, 5.74) is 0. The average molecular weight is 1470 g/mol. The van der Waals surface area contributed by atoms with Crippen molar-refractivity contribution >= 4 is 39.5 Å². The number of ether oxygens (including phenoxy) is 4. The fourth-order valence-corrected chi connectivity index (χ4v) is 14.0. The Balaban J connectivity index is 5.22. The number of phosphoric acid groups is 2. The summed E-state index contributed by atoms with van der Waals surface area (Å²) in [7, 11) is -9.92. The van der Waals surface area contributed by atoms with Crippen LogP contribution < -0.4 is 0 Å². The van der Waals surface area contributed by atoms with Crippen LogP contribution in [0.15, 0.2) is 0 Å². The number of aliphatic hydroxyl groups is 1. The summed E-state index contributed by atoms with van der Waals surface area (Å²) < 4.78 is 68.7. The summed E-state index contributed by atoms with van der Waals surface area (Å²) in [5.74, 6) is 0.267. The van der Waals surface area contributed by atoms with Crippen molar-refractivity contribution in [2.45, 2.75) is 439 Å². The number of esters is 4. The third-order valence-corrected chi connectivity index (χ3v) is 21.1. The highest BCUT2D eigenvalue weighted by Gasteiger charge is 2.30. The lowest BCUT2D eigenvalue weighted by molar-refractivity contribution is -0.161. The van der Waals surface area contributed by atoms with E-state index >= 15 is 0 Å². The largest absolute Gasteiger partial charge is 0.472 e. The highest BCUT2D eigenvalue weighted by molar-refractivity contribution is 7.47. The van der Waals surface area contributed by atoms with Gasteiger partial charge in [0.2, 0.25) is 0 Å². The molecule has 0 amide bonds. The molecule has 3 unspecified atom stereocenters. The molecule has 0 aliphatic rings. The molecular weight excluding hydrogens is 1310 g/mol. The van der Waals surface area contributed by atoms with Crippen LogP contribution in [0.2, 0.25) is 0 Å². The summed E-state index contributed by atoms with van der Waals surface area (Å²) in [6.07, 6.45) is 59.6. The highest BCUT2D eigenvalue weighted by Crippen LogP contribution is 2.45. The quantitative estimate of drug-likeness (QED) is 0.0222. The monoisotopic (exact) mass is 1470 g/mol. The summed E-state index contributed by atoms with van der Waals surface area (Å²) in [6.45, 7) is 12.0. The number of rotatable bonds is 79. The Morgan fingerprint density at radius 2 is 0.510 bits per heavy atom. The molecular formula is C81H158O17P2. The van der Waals surface area contributed by atoms with Gasteiger partial charge in [-0.3, -0.25) is 37.3 Å². The third kappa shape index (κ3) is 73.0. The summed E-state index contributed by atoms with van der Waals surface area (Å²) >= 11 is 0. The van der Waals surface area contributed by atoms with Gasteiger partial charge in [0.1, 0.15) is 19.3 Å². The smallest absolute Gasteiger partial charge is 0.462 e. The minimum Gasteiger partial charge on any atom is -0.462 e. The molecule has 17 nitrogen and oxygen atoms in total. The van der Waals surface area contributed by atoms with E-state index in [9.17, 15) is 43.2 Å². The Labute approximate surface area is 613 Å². The van der Waals surface area contributed by atoms with Gasteiger partial charge in [-0.15, -0.1) is 0 Å². The molecule has 0 fully saturated rings. The van der Waals surface area contributed by atoms with Gasteiger partial charge in [-0.2, -0.15) is 0 Å². The third-order valence-electron chi connectivity index (χ3n) is 19.2. The van der Waals surface area contributed by atoms with Crippen LogP contribution in [-0.2, 0) is 65.4 Å². The number of hydrogen-bond acceptors (Lipinski definition) is 15. The first-order chi connectivity index (χ1) is 48.3. The van der Waals surface area contributed by atoms with Crippen LogP contribution in [0.25, 0.3) is 0 Å². The second-order valence-electron chi connectivity index (χ2n) is 30.4. The van der Waals surface area contributed by atoms with Crippen molar-refractivity contribution in [2.75, 3.05) is 39.6 Å². The second-order valence-corrected chi connectivity index (χ2v) is 33.3. The van der Waals surface area contributed by atoms with Crippen molar-refractivity contribution in [3.63, 3.8) is 0 Å². The molecule has 0 radical (unpaired) electrons. The van der Waals surface area contributed by atoms with Crippen molar-refractivity contribution in [1.29, 1.82) is 0 Å². The van der Waals surface area contributed by atoms with Crippen molar-refractivity contribution in [1.82, 2.24) is 0 Å². The van der Waals surface area contributed by atoms with E-state index in [4.69, 9.17) is 37.0 Å². The van der Waals surface area contributed by atoms with Crippen LogP contribution in [0.5, 0.6) is 0 Å². The molecule has 19 heteroatoms. The lowest BCUT2D eigenvalue weighted by Gasteiger charge is -2.21. The van der Waals surface area contributed by atoms with Crippen LogP contribution in [0.4, 0.5) is 0 Å². The van der Waals surface area contributed by atoms with Crippen molar-refractivity contribution in [2.24, 2.45) is 17.8 Å². The fourth-order valence-electron chi connectivity index (χ4n) is 12.5. The molecule has 3 N–H and O–H groups in total. The molecule has 0 aromatic rings. The maximum absolute atomic E-state index is 13.1. The number of unbranched alkanes of at least 4 members (excludes halogenated alkanes) is 46. The number of carbonyl (C=O) groups excluding carboxylic acids is 4. The molecule has 0 aromatic carbocycles. The van der Waals surface area contributed by atoms with Gasteiger partial charge in [0, 0.05) is 25.7 Å². The Hall–Kier alpha value is -1.94. The Morgan fingerprint density at radius 1 is 0.290 bits per heavy atom. The Kier molecular flexibility index (Phi) is 69.9. The lowest BCUT2D eigenvalue weighted by atomic mass is 9.99. The molecule has 100 heavy (non-hydrogen) atoms. The van der Waals surface area contributed by atoms with E-state index < -0.39 is 97.5 Å². The molecule has 0 aliphatic carbocycles. The minimum atomic E-state index is -4.96. The van der Waals surface area contributed by atoms with E-state index in [2.05, 4.69) is 48.5 Å². The highest BCUT2D eigenvalue weighted by atomic mass is 31.2. The molecule has 0 rings (SSSR count). The van der Waals surface area contributed by atoms with Crippen molar-refractivity contribution < 1.29 is 80.2 Å². The molecule has 0 heterocycles. The summed E-state index contributed by atoms with van der Waals surface area (Å²) in [5, 5.41) is 10.6. The van der Waals surface area contributed by atoms with Crippen LogP contribution in [0.1, 0.15) is 421 Å². The van der Waals surface area contributed by atoms with Crippen LogP contribution >= 0.6 is 15.6 Å². The second kappa shape index (κ2) is 71.3. The normalized spacial score (nSPS) is 14.2. The molecule has 0 saturated carbocycles. The van der Waals surface area contributed by atoms with E-state index in [1.54, 1.807) is 0 Å². The van der Waals surface area contributed by atoms with E-state index in [0.29, 0.717) is 25.7 Å². The average Bonchev–Trinajstić information content (AvgIpc) is 1.10. The predicted octanol–water partition coefficient (Wildman–Crippen LogP) is 24.1. The van der Waals surface area contributed by atoms with Crippen LogP contribution in [-0.4, -0.2) is 96.7 Å². The molecule has 0 spiro atoms. The maximum atomic E-state index is 13.1. The number of hydrogen-bond donors (Lipinski definition) is 3. The molecule has 0 aliphatic heterocycles. The summed E-state index contributed by atoms with van der Waals surface area (Å²) in [4.78, 5) is 73.0. The molecule has 594 valence electrons. The topological polar surface area (TPSA) is 237 Å². The zero-order valence-corrected chi connectivity index (χ0v) is 67.5. The Bertz CT molecular complexity index is 1940. The first-order valence-corrected chi connectivity index (χ1v) is 44.9. The lowest BCUT2D eigenvalue weighted by Crippen LogP contribution is -2.30. The van der Waals surface area contributed by atoms with Gasteiger partial charge in [-0.05, 0) is 43.4 Å². The number of aliphatic hydroxyl groups excluding tert-OH is 1. The van der Waals surface area contributed by atoms with E-state index in [1.165, 1.54) is 231 Å². The molecule has 0 bridgehead atoms. The van der Waals surface area contributed by atoms with Crippen LogP contribution in [0, 0.1) is 17.8 Å². The van der Waals surface area contributed by atoms with Gasteiger partial charge in [0.15, 0.2) is 12.2 Å². The number of phosphoric ester groups is 2. The Morgan fingerprint density at radius 3 is 0.760 bits per heavy atom. The van der Waals surface area contributed by atoms with E-state index in [1.807, 2.05) is 0 Å². The SMILES string of the molecule is CCCCCCCCCCCCCCC(=O)OC[C@H](COP(=O)(O)OC[C@H](O)COP(=O)(O)OC[C@@H](COC(=O)CCCCCCCCCCCCCC(C)C)OC(=O)CCCCCCCCCCCCCCCCCCCCC(C)CC)OC(=O)CCCCCCCCCCCC(C)C. The molecule has 0 aromatic heterocycles. The van der Waals surface area contributed by atoms with Gasteiger partial charge in [0.25, 0.3) is 0 Å². The standard InChI is InChI=1S/C81H158O17P2/c1-8-10-11-12-13-14-15-27-34-41-48-55-62-78(83)91-69-77(98-81(86)65-58-51-44-37-30-32-39-46-53-60-73(5)6)71-96-100(89,90)94-67-75(82)66-93-99(87,88)95-70-76(68-92-79(84)63-56-49-42-35-29-24-25-31-38-45-52-59-72(3)4)97-80(85)64-57-50-43-36-28-23-21-19-17-16-18-20-22-26-33-40-47-54-61-74(7)9-2/h72-77,82H,8-71H2,1-7H3,(H,87,88)(H,89,90)/t74?,75-,76-,77-/m1/s1. The predicted molar refractivity (Wildman–Crippen MR) is 409 cm³/mol. The van der Waals surface area contributed by atoms with Crippen LogP contribution in [0.3, 0.4) is 0 Å². The van der Waals surface area contributed by atoms with Gasteiger partial charge >= 0.3 is 39.5 Å². The number of carbonyl (C=O) groups is 4. The van der Waals surface area contributed by atoms with E-state index in [-0.39, 0.29) is 25.7 Å². The molecule has 6 atom stereocenters. The molecule has 0 saturated heterocycles.